The van der Waals surface area contributed by atoms with E-state index in [0.29, 0.717) is 0 Å². The van der Waals surface area contributed by atoms with Gasteiger partial charge in [-0.05, 0) is 208 Å². The largest absolute Gasteiger partial charge is 0.310 e. The van der Waals surface area contributed by atoms with Gasteiger partial charge in [0, 0.05) is 50.4 Å². The van der Waals surface area contributed by atoms with E-state index in [1.54, 1.807) is 0 Å². The molecule has 0 bridgehead atoms. The van der Waals surface area contributed by atoms with E-state index in [2.05, 4.69) is 306 Å². The van der Waals surface area contributed by atoms with Gasteiger partial charge in [0.25, 0.3) is 0 Å². The van der Waals surface area contributed by atoms with Gasteiger partial charge in [0.05, 0.1) is 0 Å². The van der Waals surface area contributed by atoms with E-state index >= 15 is 0 Å². The van der Waals surface area contributed by atoms with Crippen LogP contribution in [0.15, 0.2) is 255 Å². The van der Waals surface area contributed by atoms with Gasteiger partial charge in [-0.25, -0.2) is 0 Å². The molecule has 0 N–H and O–H groups in total. The fraction of sp³-hybridized carbons (Fsp3) is 0.117. The molecule has 2 nitrogen and oxygen atoms in total. The summed E-state index contributed by atoms with van der Waals surface area (Å²) >= 11 is 0. The van der Waals surface area contributed by atoms with Crippen molar-refractivity contribution in [2.75, 3.05) is 9.80 Å². The van der Waals surface area contributed by atoms with E-state index in [9.17, 15) is 0 Å². The molecule has 12 aromatic carbocycles. The average molecular weight is 1010 g/mol. The van der Waals surface area contributed by atoms with Gasteiger partial charge in [-0.1, -0.05) is 199 Å². The first-order chi connectivity index (χ1) is 38.4. The van der Waals surface area contributed by atoms with Crippen molar-refractivity contribution in [3.8, 4) is 55.6 Å². The molecular formula is C77H60N2. The summed E-state index contributed by atoms with van der Waals surface area (Å²) in [7, 11) is 0. The van der Waals surface area contributed by atoms with Crippen LogP contribution in [0.5, 0.6) is 0 Å². The van der Waals surface area contributed by atoms with E-state index in [0.717, 1.165) is 34.1 Å². The van der Waals surface area contributed by atoms with E-state index in [-0.39, 0.29) is 16.2 Å². The minimum atomic E-state index is -0.203. The summed E-state index contributed by atoms with van der Waals surface area (Å²) in [5.74, 6) is 0. The molecule has 3 aliphatic rings. The predicted octanol–water partition coefficient (Wildman–Crippen LogP) is 21.2. The molecule has 0 heterocycles. The fourth-order valence-electron chi connectivity index (χ4n) is 13.9. The summed E-state index contributed by atoms with van der Waals surface area (Å²) in [5.41, 5.74) is 27.5. The van der Waals surface area contributed by atoms with Crippen LogP contribution in [0.1, 0.15) is 74.9 Å². The van der Waals surface area contributed by atoms with Crippen LogP contribution in [0.3, 0.4) is 0 Å². The van der Waals surface area contributed by atoms with Crippen LogP contribution in [0.4, 0.5) is 34.1 Å². The smallest absolute Gasteiger partial charge is 0.0468 e. The van der Waals surface area contributed by atoms with Gasteiger partial charge in [-0.2, -0.15) is 0 Å². The van der Waals surface area contributed by atoms with Crippen molar-refractivity contribution in [3.63, 3.8) is 0 Å². The standard InChI is InChI=1S/C77H60N2/c1-75(2)69-43-53(55-29-37-65-67-39-33-61(47-73(67)76(3,4)71(65)45-55)78(57-21-9-7-10-22-57)59-31-25-49-17-13-15-19-51(49)41-59)27-35-63(69)64-36-28-54(44-70(64)75)56-30-38-66-68-40-34-62(48-74(68)77(5,6)72(66)46-56)79(58-23-11-8-12-24-58)60-32-26-50-18-14-16-20-52(50)42-60/h7-48H,1-6H3. The maximum Gasteiger partial charge on any atom is 0.0468 e. The average Bonchev–Trinajstić information content (AvgIpc) is 3.53. The molecule has 0 saturated carbocycles. The molecule has 0 unspecified atom stereocenters. The van der Waals surface area contributed by atoms with Crippen molar-refractivity contribution in [2.45, 2.75) is 57.8 Å². The molecule has 378 valence electrons. The van der Waals surface area contributed by atoms with Gasteiger partial charge >= 0.3 is 0 Å². The second kappa shape index (κ2) is 17.4. The quantitative estimate of drug-likeness (QED) is 0.150. The Morgan fingerprint density at radius 1 is 0.203 bits per heavy atom. The van der Waals surface area contributed by atoms with Gasteiger partial charge in [0.2, 0.25) is 0 Å². The Bertz CT molecular complexity index is 4180. The number of para-hydroxylation sites is 2. The van der Waals surface area contributed by atoms with E-state index < -0.39 is 0 Å². The second-order valence-electron chi connectivity index (χ2n) is 23.8. The fourth-order valence-corrected chi connectivity index (χ4v) is 13.9. The maximum atomic E-state index is 2.48. The summed E-state index contributed by atoms with van der Waals surface area (Å²) in [6.45, 7) is 14.4. The Labute approximate surface area is 464 Å². The summed E-state index contributed by atoms with van der Waals surface area (Å²) in [6, 6.07) is 95.4. The number of rotatable bonds is 8. The molecule has 0 amide bonds. The monoisotopic (exact) mass is 1010 g/mol. The predicted molar refractivity (Wildman–Crippen MR) is 334 cm³/mol. The topological polar surface area (TPSA) is 6.48 Å². The third-order valence-corrected chi connectivity index (χ3v) is 18.2. The van der Waals surface area contributed by atoms with Crippen LogP contribution in [-0.2, 0) is 16.2 Å². The van der Waals surface area contributed by atoms with Crippen molar-refractivity contribution in [1.82, 2.24) is 0 Å². The molecule has 0 aliphatic heterocycles. The Balaban J connectivity index is 0.725. The first-order valence-corrected chi connectivity index (χ1v) is 28.0. The van der Waals surface area contributed by atoms with Gasteiger partial charge in [-0.15, -0.1) is 0 Å². The third-order valence-electron chi connectivity index (χ3n) is 18.2. The molecule has 0 saturated heterocycles. The van der Waals surface area contributed by atoms with Crippen molar-refractivity contribution >= 4 is 55.7 Å². The van der Waals surface area contributed by atoms with Crippen LogP contribution < -0.4 is 9.80 Å². The molecule has 0 spiro atoms. The van der Waals surface area contributed by atoms with Crippen molar-refractivity contribution < 1.29 is 0 Å². The van der Waals surface area contributed by atoms with E-state index in [1.165, 1.54) is 111 Å². The van der Waals surface area contributed by atoms with Crippen LogP contribution in [0.25, 0.3) is 77.2 Å². The highest BCUT2D eigenvalue weighted by molar-refractivity contribution is 5.94. The summed E-state index contributed by atoms with van der Waals surface area (Å²) in [5, 5.41) is 4.95. The summed E-state index contributed by atoms with van der Waals surface area (Å²) in [6.07, 6.45) is 0. The highest BCUT2D eigenvalue weighted by atomic mass is 15.1. The highest BCUT2D eigenvalue weighted by Crippen LogP contribution is 2.56. The summed E-state index contributed by atoms with van der Waals surface area (Å²) in [4.78, 5) is 4.80. The van der Waals surface area contributed by atoms with Gasteiger partial charge in [0.15, 0.2) is 0 Å². The molecule has 12 aromatic rings. The molecule has 79 heavy (non-hydrogen) atoms. The zero-order chi connectivity index (χ0) is 53.4. The lowest BCUT2D eigenvalue weighted by Gasteiger charge is -2.28. The number of hydrogen-bond acceptors (Lipinski definition) is 2. The first kappa shape index (κ1) is 47.0. The molecule has 3 aliphatic carbocycles. The lowest BCUT2D eigenvalue weighted by molar-refractivity contribution is 0.659. The van der Waals surface area contributed by atoms with Crippen LogP contribution in [0.2, 0.25) is 0 Å². The van der Waals surface area contributed by atoms with Crippen LogP contribution >= 0.6 is 0 Å². The zero-order valence-corrected chi connectivity index (χ0v) is 45.6. The van der Waals surface area contributed by atoms with Crippen molar-refractivity contribution in [1.29, 1.82) is 0 Å². The summed E-state index contributed by atoms with van der Waals surface area (Å²) < 4.78 is 0. The van der Waals surface area contributed by atoms with Crippen LogP contribution in [-0.4, -0.2) is 0 Å². The molecule has 15 rings (SSSR count). The maximum absolute atomic E-state index is 2.48. The third kappa shape index (κ3) is 7.31. The number of fused-ring (bicyclic) bond motifs is 11. The number of anilines is 6. The first-order valence-electron chi connectivity index (χ1n) is 28.0. The lowest BCUT2D eigenvalue weighted by atomic mass is 9.79. The number of benzene rings is 12. The minimum absolute atomic E-state index is 0.187. The molecule has 2 heteroatoms. The normalized spacial score (nSPS) is 14.5. The molecule has 0 atom stereocenters. The molecule has 0 fully saturated rings. The van der Waals surface area contributed by atoms with Crippen molar-refractivity contribution in [3.05, 3.63) is 288 Å². The Morgan fingerprint density at radius 2 is 0.456 bits per heavy atom. The Morgan fingerprint density at radius 3 is 0.785 bits per heavy atom. The number of hydrogen-bond donors (Lipinski definition) is 0. The Kier molecular flexibility index (Phi) is 10.3. The highest BCUT2D eigenvalue weighted by Gasteiger charge is 2.40. The number of nitrogens with zero attached hydrogens (tertiary/aromatic N) is 2. The molecular weight excluding hydrogens is 953 g/mol. The second-order valence-corrected chi connectivity index (χ2v) is 23.8. The van der Waals surface area contributed by atoms with E-state index in [4.69, 9.17) is 0 Å². The molecule has 0 radical (unpaired) electrons. The van der Waals surface area contributed by atoms with E-state index in [1.807, 2.05) is 0 Å². The SMILES string of the molecule is CC1(C)c2cc(-c3ccc4c(c3)C(C)(C)c3cc(N(c5ccccc5)c5ccc6ccccc6c5)ccc3-4)ccc2-c2ccc(-c3ccc4c(c3)C(C)(C)c3cc(N(c5ccccc5)c5ccc6ccccc6c5)ccc3-4)cc21. The zero-order valence-electron chi connectivity index (χ0n) is 45.6. The Hall–Kier alpha value is -9.24. The van der Waals surface area contributed by atoms with Gasteiger partial charge in [-0.3, -0.25) is 0 Å². The molecule has 0 aromatic heterocycles. The van der Waals surface area contributed by atoms with Crippen LogP contribution in [0, 0.1) is 0 Å². The van der Waals surface area contributed by atoms with Gasteiger partial charge in [0.1, 0.15) is 0 Å². The van der Waals surface area contributed by atoms with Gasteiger partial charge < -0.3 is 9.80 Å². The lowest BCUT2D eigenvalue weighted by Crippen LogP contribution is -2.17. The minimum Gasteiger partial charge on any atom is -0.310 e. The van der Waals surface area contributed by atoms with Crippen molar-refractivity contribution in [2.24, 2.45) is 0 Å².